The number of benzene rings is 2. The van der Waals surface area contributed by atoms with Gasteiger partial charge in [-0.2, -0.15) is 9.78 Å². The van der Waals surface area contributed by atoms with Crippen LogP contribution in [0.25, 0.3) is 21.5 Å². The predicted octanol–water partition coefficient (Wildman–Crippen LogP) is 5.52. The van der Waals surface area contributed by atoms with Gasteiger partial charge < -0.3 is 14.2 Å². The normalized spacial score (nSPS) is 16.6. The van der Waals surface area contributed by atoms with Crippen molar-refractivity contribution in [1.29, 1.82) is 0 Å². The Hall–Kier alpha value is -4.63. The molecular formula is C30H32N8O3. The fourth-order valence-electron chi connectivity index (χ4n) is 5.62. The Morgan fingerprint density at radius 1 is 1.12 bits per heavy atom. The van der Waals surface area contributed by atoms with Gasteiger partial charge in [0.05, 0.1) is 29.6 Å². The maximum atomic E-state index is 14.1. The molecule has 2 aliphatic carbocycles. The zero-order valence-electron chi connectivity index (χ0n) is 23.2. The molecule has 2 aliphatic rings. The number of imidazole rings is 1. The smallest absolute Gasteiger partial charge is 0.435 e. The molecule has 41 heavy (non-hydrogen) atoms. The Labute approximate surface area is 237 Å². The zero-order chi connectivity index (χ0) is 28.6. The fraction of sp³-hybridized carbons (Fsp3) is 0.400. The van der Waals surface area contributed by atoms with Gasteiger partial charge in [-0.15, -0.1) is 0 Å². The van der Waals surface area contributed by atoms with Crippen molar-refractivity contribution in [2.75, 3.05) is 6.54 Å². The number of aryl methyl sites for hydroxylation is 1. The highest BCUT2D eigenvalue weighted by molar-refractivity contribution is 6.05. The molecule has 0 N–H and O–H groups in total. The van der Waals surface area contributed by atoms with Crippen molar-refractivity contribution in [1.82, 2.24) is 24.2 Å². The minimum atomic E-state index is -0.956. The highest BCUT2D eigenvalue weighted by atomic mass is 16.6. The molecule has 2 aromatic heterocycles. The second kappa shape index (κ2) is 10.7. The lowest BCUT2D eigenvalue weighted by Gasteiger charge is -2.34. The van der Waals surface area contributed by atoms with Gasteiger partial charge >= 0.3 is 6.09 Å². The summed E-state index contributed by atoms with van der Waals surface area (Å²) in [7, 11) is 0. The Morgan fingerprint density at radius 3 is 2.68 bits per heavy atom. The van der Waals surface area contributed by atoms with E-state index in [1.54, 1.807) is 20.0 Å². The lowest BCUT2D eigenvalue weighted by atomic mass is 9.91. The Morgan fingerprint density at radius 2 is 1.93 bits per heavy atom. The van der Waals surface area contributed by atoms with E-state index in [1.807, 2.05) is 47.6 Å². The maximum Gasteiger partial charge on any atom is 0.435 e. The van der Waals surface area contributed by atoms with Crippen LogP contribution in [-0.2, 0) is 24.1 Å². The SMILES string of the molecule is CC(C)(CN=[N+]=[N-])OC(=O)n1cc2c(n1)CCC(N(C(=O)c1cccc3c1ncn3Cc1ccccc1)C1CC1)C2. The lowest BCUT2D eigenvalue weighted by molar-refractivity contribution is 0.0441. The first-order chi connectivity index (χ1) is 19.8. The molecule has 6 rings (SSSR count). The molecule has 11 nitrogen and oxygen atoms in total. The molecule has 0 aliphatic heterocycles. The zero-order valence-corrected chi connectivity index (χ0v) is 23.2. The molecule has 11 heteroatoms. The van der Waals surface area contributed by atoms with Crippen LogP contribution in [0.3, 0.4) is 0 Å². The first-order valence-electron chi connectivity index (χ1n) is 13.9. The number of hydrogen-bond acceptors (Lipinski definition) is 6. The fourth-order valence-corrected chi connectivity index (χ4v) is 5.62. The Kier molecular flexibility index (Phi) is 6.96. The van der Waals surface area contributed by atoms with Gasteiger partial charge in [0.25, 0.3) is 5.91 Å². The van der Waals surface area contributed by atoms with E-state index in [4.69, 9.17) is 10.3 Å². The van der Waals surface area contributed by atoms with Crippen LogP contribution in [0.15, 0.2) is 66.2 Å². The number of rotatable bonds is 8. The second-order valence-electron chi connectivity index (χ2n) is 11.4. The number of carbonyl (C=O) groups excluding carboxylic acids is 2. The van der Waals surface area contributed by atoms with Crippen molar-refractivity contribution in [3.63, 3.8) is 0 Å². The topological polar surface area (TPSA) is 131 Å². The van der Waals surface area contributed by atoms with Crippen LogP contribution in [0, 0.1) is 0 Å². The Balaban J connectivity index is 1.22. The largest absolute Gasteiger partial charge is 0.442 e. The molecule has 1 saturated carbocycles. The number of azide groups is 1. The van der Waals surface area contributed by atoms with Gasteiger partial charge in [0, 0.05) is 29.7 Å². The van der Waals surface area contributed by atoms with Crippen molar-refractivity contribution >= 4 is 23.0 Å². The van der Waals surface area contributed by atoms with Crippen molar-refractivity contribution in [3.05, 3.63) is 93.9 Å². The van der Waals surface area contributed by atoms with Crippen LogP contribution < -0.4 is 0 Å². The number of carbonyl (C=O) groups is 2. The van der Waals surface area contributed by atoms with E-state index in [0.29, 0.717) is 24.9 Å². The number of ether oxygens (including phenoxy) is 1. The summed E-state index contributed by atoms with van der Waals surface area (Å²) in [5.74, 6) is 0.00288. The summed E-state index contributed by atoms with van der Waals surface area (Å²) in [6.45, 7) is 4.07. The molecule has 1 fully saturated rings. The molecule has 0 radical (unpaired) electrons. The third-order valence-corrected chi connectivity index (χ3v) is 7.76. The van der Waals surface area contributed by atoms with Crippen LogP contribution >= 0.6 is 0 Å². The minimum absolute atomic E-state index is 0.000706. The highest BCUT2D eigenvalue weighted by Gasteiger charge is 2.40. The number of amides is 1. The molecule has 1 amide bonds. The van der Waals surface area contributed by atoms with Crippen molar-refractivity contribution in [2.24, 2.45) is 5.11 Å². The number of para-hydroxylation sites is 1. The Bertz CT molecular complexity index is 1650. The van der Waals surface area contributed by atoms with E-state index in [2.05, 4.69) is 36.8 Å². The van der Waals surface area contributed by atoms with Crippen LogP contribution in [0.2, 0.25) is 0 Å². The quantitative estimate of drug-likeness (QED) is 0.161. The monoisotopic (exact) mass is 552 g/mol. The summed E-state index contributed by atoms with van der Waals surface area (Å²) in [5.41, 5.74) is 12.9. The van der Waals surface area contributed by atoms with E-state index in [1.165, 1.54) is 10.2 Å². The van der Waals surface area contributed by atoms with Crippen LogP contribution in [0.4, 0.5) is 4.79 Å². The van der Waals surface area contributed by atoms with E-state index >= 15 is 0 Å². The van der Waals surface area contributed by atoms with Gasteiger partial charge in [-0.3, -0.25) is 4.79 Å². The molecule has 0 bridgehead atoms. The van der Waals surface area contributed by atoms with Gasteiger partial charge in [0.1, 0.15) is 11.1 Å². The highest BCUT2D eigenvalue weighted by Crippen LogP contribution is 2.35. The number of nitrogens with zero attached hydrogens (tertiary/aromatic N) is 8. The second-order valence-corrected chi connectivity index (χ2v) is 11.4. The third-order valence-electron chi connectivity index (χ3n) is 7.76. The van der Waals surface area contributed by atoms with Gasteiger partial charge in [-0.05, 0) is 74.7 Å². The third kappa shape index (κ3) is 5.53. The van der Waals surface area contributed by atoms with Gasteiger partial charge in [0.2, 0.25) is 0 Å². The summed E-state index contributed by atoms with van der Waals surface area (Å²) < 4.78 is 8.82. The maximum absolute atomic E-state index is 14.1. The van der Waals surface area contributed by atoms with Crippen molar-refractivity contribution < 1.29 is 14.3 Å². The molecule has 2 heterocycles. The van der Waals surface area contributed by atoms with Crippen molar-refractivity contribution in [3.8, 4) is 0 Å². The molecular weight excluding hydrogens is 520 g/mol. The summed E-state index contributed by atoms with van der Waals surface area (Å²) in [5, 5.41) is 7.99. The van der Waals surface area contributed by atoms with E-state index < -0.39 is 11.7 Å². The summed E-state index contributed by atoms with van der Waals surface area (Å²) >= 11 is 0. The van der Waals surface area contributed by atoms with Crippen LogP contribution in [0.1, 0.15) is 60.3 Å². The number of aromatic nitrogens is 4. The van der Waals surface area contributed by atoms with Gasteiger partial charge in [-0.1, -0.05) is 41.5 Å². The van der Waals surface area contributed by atoms with E-state index in [0.717, 1.165) is 41.6 Å². The van der Waals surface area contributed by atoms with E-state index in [-0.39, 0.29) is 24.5 Å². The van der Waals surface area contributed by atoms with Crippen LogP contribution in [-0.4, -0.2) is 60.5 Å². The molecule has 4 aromatic rings. The first kappa shape index (κ1) is 26.6. The average molecular weight is 553 g/mol. The molecule has 210 valence electrons. The average Bonchev–Trinajstić information content (AvgIpc) is 3.56. The molecule has 1 atom stereocenters. The molecule has 0 spiro atoms. The van der Waals surface area contributed by atoms with Crippen LogP contribution in [0.5, 0.6) is 0 Å². The summed E-state index contributed by atoms with van der Waals surface area (Å²) in [4.78, 5) is 36.4. The number of fused-ring (bicyclic) bond motifs is 2. The van der Waals surface area contributed by atoms with E-state index in [9.17, 15) is 9.59 Å². The minimum Gasteiger partial charge on any atom is -0.442 e. The van der Waals surface area contributed by atoms with Gasteiger partial charge in [0.15, 0.2) is 0 Å². The standard InChI is InChI=1S/C30H32N8O3/c1-30(2,18-33-35-31)41-29(40)37-17-21-15-23(13-14-25(21)34-37)38(22-11-12-22)28(39)24-9-6-10-26-27(24)32-19-36(26)16-20-7-4-3-5-8-20/h3-10,17,19,22-23H,11-16,18H2,1-2H3. The molecule has 0 saturated heterocycles. The molecule has 2 aromatic carbocycles. The first-order valence-corrected chi connectivity index (χ1v) is 13.9. The van der Waals surface area contributed by atoms with Crippen molar-refractivity contribution in [2.45, 2.75) is 70.2 Å². The van der Waals surface area contributed by atoms with Gasteiger partial charge in [-0.25, -0.2) is 9.78 Å². The lowest BCUT2D eigenvalue weighted by Crippen LogP contribution is -2.45. The molecule has 1 unspecified atom stereocenters. The predicted molar refractivity (Wildman–Crippen MR) is 152 cm³/mol. The summed E-state index contributed by atoms with van der Waals surface area (Å²) in [6, 6.07) is 16.2. The number of hydrogen-bond donors (Lipinski definition) is 0. The summed E-state index contributed by atoms with van der Waals surface area (Å²) in [6.07, 6.45) is 6.90.